The van der Waals surface area contributed by atoms with Crippen molar-refractivity contribution in [3.05, 3.63) is 32.5 Å². The van der Waals surface area contributed by atoms with Gasteiger partial charge in [0.1, 0.15) is 0 Å². The number of aromatic amines is 2. The predicted octanol–water partition coefficient (Wildman–Crippen LogP) is 0.972. The Morgan fingerprint density at radius 2 is 2.07 bits per heavy atom. The third-order valence-corrected chi connectivity index (χ3v) is 1.97. The third-order valence-electron chi connectivity index (χ3n) is 1.97. The molecule has 0 saturated heterocycles. The highest BCUT2D eigenvalue weighted by molar-refractivity contribution is 5.52. The zero-order valence-corrected chi connectivity index (χ0v) is 8.54. The Bertz CT molecular complexity index is 456. The van der Waals surface area contributed by atoms with Crippen LogP contribution < -0.4 is 11.2 Å². The molecule has 5 heteroatoms. The Morgan fingerprint density at radius 1 is 1.33 bits per heavy atom. The zero-order valence-electron chi connectivity index (χ0n) is 8.54. The van der Waals surface area contributed by atoms with Crippen molar-refractivity contribution in [3.63, 3.8) is 0 Å². The van der Waals surface area contributed by atoms with Crippen molar-refractivity contribution in [2.75, 3.05) is 0 Å². The third kappa shape index (κ3) is 3.12. The van der Waals surface area contributed by atoms with E-state index in [9.17, 15) is 14.7 Å². The number of rotatable bonds is 4. The molecular formula is C10H14N2O3. The maximum absolute atomic E-state index is 11.2. The molecule has 0 aliphatic heterocycles. The molecule has 1 heterocycles. The molecule has 82 valence electrons. The molecule has 1 aromatic rings. The second-order valence-corrected chi connectivity index (χ2v) is 3.22. The second kappa shape index (κ2) is 5.19. The van der Waals surface area contributed by atoms with Crippen molar-refractivity contribution in [3.8, 4) is 5.88 Å². The molecule has 0 radical (unpaired) electrons. The zero-order chi connectivity index (χ0) is 11.3. The lowest BCUT2D eigenvalue weighted by Crippen LogP contribution is -2.23. The van der Waals surface area contributed by atoms with E-state index in [1.165, 1.54) is 6.08 Å². The van der Waals surface area contributed by atoms with Gasteiger partial charge in [0, 0.05) is 0 Å². The number of aromatic hydroxyl groups is 1. The first kappa shape index (κ1) is 11.3. The van der Waals surface area contributed by atoms with Gasteiger partial charge in [-0.3, -0.25) is 14.8 Å². The largest absolute Gasteiger partial charge is 0.494 e. The summed E-state index contributed by atoms with van der Waals surface area (Å²) in [5, 5.41) is 9.30. The summed E-state index contributed by atoms with van der Waals surface area (Å²) in [5.74, 6) is -0.392. The van der Waals surface area contributed by atoms with Gasteiger partial charge in [-0.1, -0.05) is 25.8 Å². The average Bonchev–Trinajstić information content (AvgIpc) is 2.15. The molecule has 3 N–H and O–H groups in total. The van der Waals surface area contributed by atoms with Crippen LogP contribution in [0.5, 0.6) is 5.88 Å². The van der Waals surface area contributed by atoms with Crippen molar-refractivity contribution in [2.45, 2.75) is 26.2 Å². The molecule has 0 unspecified atom stereocenters. The Kier molecular flexibility index (Phi) is 3.91. The van der Waals surface area contributed by atoms with E-state index < -0.39 is 17.1 Å². The van der Waals surface area contributed by atoms with Crippen LogP contribution in [0.25, 0.3) is 6.08 Å². The summed E-state index contributed by atoms with van der Waals surface area (Å²) in [4.78, 5) is 26.1. The first-order chi connectivity index (χ1) is 7.15. The molecule has 15 heavy (non-hydrogen) atoms. The fourth-order valence-corrected chi connectivity index (χ4v) is 1.16. The highest BCUT2D eigenvalue weighted by Gasteiger charge is 2.03. The monoisotopic (exact) mass is 210 g/mol. The minimum atomic E-state index is -0.705. The smallest absolute Gasteiger partial charge is 0.328 e. The quantitative estimate of drug-likeness (QED) is 0.647. The lowest BCUT2D eigenvalue weighted by Gasteiger charge is -1.95. The summed E-state index contributed by atoms with van der Waals surface area (Å²) < 4.78 is 0. The summed E-state index contributed by atoms with van der Waals surface area (Å²) >= 11 is 0. The molecule has 0 atom stereocenters. The maximum atomic E-state index is 11.2. The maximum Gasteiger partial charge on any atom is 0.328 e. The van der Waals surface area contributed by atoms with E-state index in [1.54, 1.807) is 6.08 Å². The Hall–Kier alpha value is -1.78. The van der Waals surface area contributed by atoms with Gasteiger partial charge in [0.25, 0.3) is 5.56 Å². The standard InChI is InChI=1S/C10H14N2O3/c1-2-3-4-5-6-7-8(13)11-10(15)12-9(7)14/h5-6H,2-4H2,1H3,(H3,11,12,13,14,15). The van der Waals surface area contributed by atoms with E-state index in [0.29, 0.717) is 0 Å². The molecule has 0 fully saturated rings. The van der Waals surface area contributed by atoms with Crippen molar-refractivity contribution >= 4 is 6.08 Å². The molecule has 0 bridgehead atoms. The van der Waals surface area contributed by atoms with Crippen LogP contribution in [0.3, 0.4) is 0 Å². The van der Waals surface area contributed by atoms with Gasteiger partial charge in [-0.2, -0.15) is 0 Å². The van der Waals surface area contributed by atoms with Crippen LogP contribution in [0.1, 0.15) is 31.7 Å². The highest BCUT2D eigenvalue weighted by Crippen LogP contribution is 2.08. The molecule has 0 saturated carbocycles. The number of aromatic nitrogens is 2. The van der Waals surface area contributed by atoms with Crippen LogP contribution in [-0.4, -0.2) is 15.1 Å². The van der Waals surface area contributed by atoms with Gasteiger partial charge < -0.3 is 5.11 Å². The van der Waals surface area contributed by atoms with Crippen molar-refractivity contribution in [1.82, 2.24) is 9.97 Å². The van der Waals surface area contributed by atoms with Crippen LogP contribution in [0, 0.1) is 0 Å². The van der Waals surface area contributed by atoms with Crippen molar-refractivity contribution < 1.29 is 5.11 Å². The number of unbranched alkanes of at least 4 members (excludes halogenated alkanes) is 2. The predicted molar refractivity (Wildman–Crippen MR) is 57.9 cm³/mol. The Morgan fingerprint density at radius 3 is 2.67 bits per heavy atom. The van der Waals surface area contributed by atoms with Crippen LogP contribution >= 0.6 is 0 Å². The summed E-state index contributed by atoms with van der Waals surface area (Å²) in [6.07, 6.45) is 6.25. The van der Waals surface area contributed by atoms with Gasteiger partial charge in [0.2, 0.25) is 5.88 Å². The minimum Gasteiger partial charge on any atom is -0.494 e. The SMILES string of the molecule is CCCCC=Cc1c(O)[nH]c(=O)[nH]c1=O. The van der Waals surface area contributed by atoms with E-state index in [4.69, 9.17) is 0 Å². The fourth-order valence-electron chi connectivity index (χ4n) is 1.16. The Labute approximate surface area is 86.5 Å². The van der Waals surface area contributed by atoms with Gasteiger partial charge in [-0.25, -0.2) is 4.79 Å². The van der Waals surface area contributed by atoms with Gasteiger partial charge >= 0.3 is 5.69 Å². The van der Waals surface area contributed by atoms with Gasteiger partial charge in [0.05, 0.1) is 5.56 Å². The first-order valence-electron chi connectivity index (χ1n) is 4.87. The molecule has 0 aliphatic carbocycles. The van der Waals surface area contributed by atoms with Crippen LogP contribution in [0.2, 0.25) is 0 Å². The second-order valence-electron chi connectivity index (χ2n) is 3.22. The topological polar surface area (TPSA) is 85.9 Å². The first-order valence-corrected chi connectivity index (χ1v) is 4.87. The lowest BCUT2D eigenvalue weighted by atomic mass is 10.2. The fraction of sp³-hybridized carbons (Fsp3) is 0.400. The van der Waals surface area contributed by atoms with Crippen LogP contribution in [0.4, 0.5) is 0 Å². The van der Waals surface area contributed by atoms with E-state index >= 15 is 0 Å². The number of H-pyrrole nitrogens is 2. The number of hydrogen-bond donors (Lipinski definition) is 3. The highest BCUT2D eigenvalue weighted by atomic mass is 16.3. The van der Waals surface area contributed by atoms with Gasteiger partial charge in [-0.15, -0.1) is 0 Å². The average molecular weight is 210 g/mol. The molecular weight excluding hydrogens is 196 g/mol. The van der Waals surface area contributed by atoms with Gasteiger partial charge in [0.15, 0.2) is 0 Å². The van der Waals surface area contributed by atoms with E-state index in [0.717, 1.165) is 19.3 Å². The summed E-state index contributed by atoms with van der Waals surface area (Å²) in [6, 6.07) is 0. The number of nitrogens with one attached hydrogen (secondary N) is 2. The minimum absolute atomic E-state index is 0.0886. The summed E-state index contributed by atoms with van der Waals surface area (Å²) in [5.41, 5.74) is -1.20. The normalized spacial score (nSPS) is 11.0. The summed E-state index contributed by atoms with van der Waals surface area (Å²) in [6.45, 7) is 2.07. The van der Waals surface area contributed by atoms with E-state index in [-0.39, 0.29) is 5.56 Å². The number of allylic oxidation sites excluding steroid dienone is 1. The molecule has 1 rings (SSSR count). The van der Waals surface area contributed by atoms with Gasteiger partial charge in [-0.05, 0) is 12.5 Å². The molecule has 5 nitrogen and oxygen atoms in total. The van der Waals surface area contributed by atoms with Crippen molar-refractivity contribution in [2.24, 2.45) is 0 Å². The molecule has 0 amide bonds. The molecule has 0 aliphatic rings. The van der Waals surface area contributed by atoms with Crippen molar-refractivity contribution in [1.29, 1.82) is 0 Å². The molecule has 0 aromatic carbocycles. The Balaban J connectivity index is 2.90. The van der Waals surface area contributed by atoms with Crippen LogP contribution in [-0.2, 0) is 0 Å². The van der Waals surface area contributed by atoms with E-state index in [1.807, 2.05) is 4.98 Å². The van der Waals surface area contributed by atoms with E-state index in [2.05, 4.69) is 11.9 Å². The summed E-state index contributed by atoms with van der Waals surface area (Å²) in [7, 11) is 0. The molecule has 1 aromatic heterocycles. The lowest BCUT2D eigenvalue weighted by molar-refractivity contribution is 0.447. The molecule has 0 spiro atoms. The van der Waals surface area contributed by atoms with Crippen LogP contribution in [0.15, 0.2) is 15.7 Å². The number of hydrogen-bond acceptors (Lipinski definition) is 3.